The minimum absolute atomic E-state index is 0.129. The predicted octanol–water partition coefficient (Wildman–Crippen LogP) is 3.71. The molecule has 30 heavy (non-hydrogen) atoms. The molecule has 7 nitrogen and oxygen atoms in total. The molecule has 0 saturated heterocycles. The van der Waals surface area contributed by atoms with Crippen molar-refractivity contribution < 1.29 is 9.53 Å². The molecule has 0 aliphatic heterocycles. The third-order valence-electron chi connectivity index (χ3n) is 4.80. The van der Waals surface area contributed by atoms with Gasteiger partial charge in [-0.2, -0.15) is 14.9 Å². The maximum absolute atomic E-state index is 13.3. The lowest BCUT2D eigenvalue weighted by molar-refractivity contribution is 0.0524. The molecular weight excluding hydrogens is 380 g/mol. The molecule has 0 aliphatic carbocycles. The van der Waals surface area contributed by atoms with Gasteiger partial charge in [0.1, 0.15) is 5.65 Å². The molecule has 2 aromatic carbocycles. The second kappa shape index (κ2) is 7.68. The number of aryl methyl sites for hydroxylation is 1. The Morgan fingerprint density at radius 1 is 1.13 bits per heavy atom. The van der Waals surface area contributed by atoms with Crippen LogP contribution in [0.1, 0.15) is 28.5 Å². The minimum Gasteiger partial charge on any atom is -0.462 e. The number of aromatic nitrogens is 3. The zero-order valence-corrected chi connectivity index (χ0v) is 16.5. The summed E-state index contributed by atoms with van der Waals surface area (Å²) < 4.78 is 6.34. The number of esters is 1. The van der Waals surface area contributed by atoms with Crippen LogP contribution in [-0.4, -0.2) is 27.2 Å². The average Bonchev–Trinajstić information content (AvgIpc) is 3.10. The maximum Gasteiger partial charge on any atom is 0.346 e. The molecular formula is C23H18N4O3. The van der Waals surface area contributed by atoms with Gasteiger partial charge < -0.3 is 9.72 Å². The van der Waals surface area contributed by atoms with Crippen LogP contribution in [0.15, 0.2) is 59.4 Å². The summed E-state index contributed by atoms with van der Waals surface area (Å²) in [4.78, 5) is 29.2. The van der Waals surface area contributed by atoms with Gasteiger partial charge in [0.15, 0.2) is 5.56 Å². The van der Waals surface area contributed by atoms with Crippen molar-refractivity contribution in [2.24, 2.45) is 0 Å². The first kappa shape index (κ1) is 19.2. The monoisotopic (exact) mass is 398 g/mol. The van der Waals surface area contributed by atoms with Gasteiger partial charge >= 0.3 is 5.97 Å². The summed E-state index contributed by atoms with van der Waals surface area (Å²) in [5.74, 6) is -0.727. The molecule has 4 rings (SSSR count). The number of nitriles is 1. The maximum atomic E-state index is 13.3. The molecule has 0 spiro atoms. The highest BCUT2D eigenvalue weighted by atomic mass is 16.5. The number of nitrogens with zero attached hydrogens (tertiary/aromatic N) is 3. The SMILES string of the molecule is CCOC(=O)c1c(-c2ccc(C#N)cc2)[nH]c2c(-c3ccccc3)c(C)nn2c1=O. The van der Waals surface area contributed by atoms with Gasteiger partial charge in [0, 0.05) is 5.56 Å². The van der Waals surface area contributed by atoms with Crippen LogP contribution < -0.4 is 5.56 Å². The second-order valence-corrected chi connectivity index (χ2v) is 6.68. The van der Waals surface area contributed by atoms with Crippen LogP contribution >= 0.6 is 0 Å². The predicted molar refractivity (Wildman–Crippen MR) is 112 cm³/mol. The lowest BCUT2D eigenvalue weighted by atomic mass is 10.0. The molecule has 0 amide bonds. The highest BCUT2D eigenvalue weighted by molar-refractivity contribution is 5.97. The van der Waals surface area contributed by atoms with Crippen LogP contribution in [0.2, 0.25) is 0 Å². The van der Waals surface area contributed by atoms with E-state index >= 15 is 0 Å². The van der Waals surface area contributed by atoms with Crippen LogP contribution in [0.4, 0.5) is 0 Å². The third kappa shape index (κ3) is 3.14. The highest BCUT2D eigenvalue weighted by Gasteiger charge is 2.25. The zero-order chi connectivity index (χ0) is 21.3. The van der Waals surface area contributed by atoms with Gasteiger partial charge in [0.2, 0.25) is 0 Å². The molecule has 0 atom stereocenters. The Morgan fingerprint density at radius 2 is 1.83 bits per heavy atom. The van der Waals surface area contributed by atoms with Crippen molar-refractivity contribution in [1.29, 1.82) is 5.26 Å². The Labute approximate surface area is 172 Å². The molecule has 0 fully saturated rings. The fraction of sp³-hybridized carbons (Fsp3) is 0.130. The van der Waals surface area contributed by atoms with Crippen molar-refractivity contribution in [3.8, 4) is 28.5 Å². The first-order chi connectivity index (χ1) is 14.5. The molecule has 2 aromatic heterocycles. The van der Waals surface area contributed by atoms with Crippen LogP contribution in [0, 0.1) is 18.3 Å². The molecule has 0 bridgehead atoms. The van der Waals surface area contributed by atoms with E-state index in [0.717, 1.165) is 11.1 Å². The molecule has 1 N–H and O–H groups in total. The summed E-state index contributed by atoms with van der Waals surface area (Å²) >= 11 is 0. The standard InChI is InChI=1S/C23H18N4O3/c1-3-30-23(29)19-20(17-11-9-15(13-24)10-12-17)25-21-18(16-7-5-4-6-8-16)14(2)26-27(21)22(19)28/h4-12,25H,3H2,1-2H3. The summed E-state index contributed by atoms with van der Waals surface area (Å²) in [7, 11) is 0. The number of hydrogen-bond donors (Lipinski definition) is 1. The molecule has 148 valence electrons. The fourth-order valence-electron chi connectivity index (χ4n) is 3.45. The van der Waals surface area contributed by atoms with E-state index < -0.39 is 11.5 Å². The quantitative estimate of drug-likeness (QED) is 0.528. The van der Waals surface area contributed by atoms with Crippen molar-refractivity contribution in [3.63, 3.8) is 0 Å². The van der Waals surface area contributed by atoms with E-state index in [2.05, 4.69) is 16.2 Å². The number of hydrogen-bond acceptors (Lipinski definition) is 5. The topological polar surface area (TPSA) is 100 Å². The molecule has 2 heterocycles. The summed E-state index contributed by atoms with van der Waals surface area (Å²) in [6.45, 7) is 3.63. The normalized spacial score (nSPS) is 10.7. The molecule has 0 unspecified atom stereocenters. The van der Waals surface area contributed by atoms with Gasteiger partial charge in [0.25, 0.3) is 5.56 Å². The van der Waals surface area contributed by atoms with Gasteiger partial charge in [0.05, 0.1) is 29.6 Å². The largest absolute Gasteiger partial charge is 0.462 e. The third-order valence-corrected chi connectivity index (χ3v) is 4.80. The van der Waals surface area contributed by atoms with Crippen LogP contribution in [0.5, 0.6) is 0 Å². The average molecular weight is 398 g/mol. The Bertz CT molecular complexity index is 1340. The number of aromatic amines is 1. The van der Waals surface area contributed by atoms with Crippen molar-refractivity contribution in [1.82, 2.24) is 14.6 Å². The summed E-state index contributed by atoms with van der Waals surface area (Å²) in [6, 6.07) is 18.3. The smallest absolute Gasteiger partial charge is 0.346 e. The molecule has 0 radical (unpaired) electrons. The molecule has 7 heteroatoms. The summed E-state index contributed by atoms with van der Waals surface area (Å²) in [6.07, 6.45) is 0. The number of rotatable bonds is 4. The number of carbonyl (C=O) groups excluding carboxylic acids is 1. The van der Waals surface area contributed by atoms with E-state index in [1.54, 1.807) is 31.2 Å². The molecule has 0 saturated carbocycles. The number of benzene rings is 2. The highest BCUT2D eigenvalue weighted by Crippen LogP contribution is 2.29. The van der Waals surface area contributed by atoms with Crippen LogP contribution in [0.3, 0.4) is 0 Å². The number of nitrogens with one attached hydrogen (secondary N) is 1. The van der Waals surface area contributed by atoms with E-state index in [4.69, 9.17) is 10.00 Å². The van der Waals surface area contributed by atoms with Crippen molar-refractivity contribution in [2.75, 3.05) is 6.61 Å². The molecule has 0 aliphatic rings. The van der Waals surface area contributed by atoms with Crippen LogP contribution in [-0.2, 0) is 4.74 Å². The van der Waals surface area contributed by atoms with Gasteiger partial charge in [-0.15, -0.1) is 0 Å². The van der Waals surface area contributed by atoms with Gasteiger partial charge in [-0.1, -0.05) is 42.5 Å². The Balaban J connectivity index is 2.07. The van der Waals surface area contributed by atoms with Crippen molar-refractivity contribution >= 4 is 11.6 Å². The van der Waals surface area contributed by atoms with E-state index in [0.29, 0.717) is 28.2 Å². The summed E-state index contributed by atoms with van der Waals surface area (Å²) in [5, 5.41) is 13.4. The number of carbonyl (C=O) groups is 1. The van der Waals surface area contributed by atoms with Crippen molar-refractivity contribution in [3.05, 3.63) is 81.8 Å². The number of fused-ring (bicyclic) bond motifs is 1. The minimum atomic E-state index is -0.727. The Kier molecular flexibility index (Phi) is 4.90. The molecule has 4 aromatic rings. The van der Waals surface area contributed by atoms with Gasteiger partial charge in [-0.05, 0) is 37.1 Å². The van der Waals surface area contributed by atoms with Crippen molar-refractivity contribution in [2.45, 2.75) is 13.8 Å². The lowest BCUT2D eigenvalue weighted by Crippen LogP contribution is -2.26. The summed E-state index contributed by atoms with van der Waals surface area (Å²) in [5.41, 5.74) is 3.51. The van der Waals surface area contributed by atoms with E-state index in [-0.39, 0.29) is 12.2 Å². The van der Waals surface area contributed by atoms with E-state index in [1.165, 1.54) is 4.52 Å². The lowest BCUT2D eigenvalue weighted by Gasteiger charge is -2.11. The van der Waals surface area contributed by atoms with Crippen LogP contribution in [0.25, 0.3) is 28.0 Å². The second-order valence-electron chi connectivity index (χ2n) is 6.68. The zero-order valence-electron chi connectivity index (χ0n) is 16.5. The van der Waals surface area contributed by atoms with Gasteiger partial charge in [-0.3, -0.25) is 4.79 Å². The Morgan fingerprint density at radius 3 is 2.47 bits per heavy atom. The Hall–Kier alpha value is -4.18. The number of ether oxygens (including phenoxy) is 1. The fourth-order valence-corrected chi connectivity index (χ4v) is 3.45. The van der Waals surface area contributed by atoms with Gasteiger partial charge in [-0.25, -0.2) is 4.79 Å². The first-order valence-electron chi connectivity index (χ1n) is 9.43. The number of H-pyrrole nitrogens is 1. The first-order valence-corrected chi connectivity index (χ1v) is 9.43. The van der Waals surface area contributed by atoms with E-state index in [1.807, 2.05) is 37.3 Å². The van der Waals surface area contributed by atoms with E-state index in [9.17, 15) is 9.59 Å².